The normalized spacial score (nSPS) is 11.5. The van der Waals surface area contributed by atoms with E-state index in [0.717, 1.165) is 16.0 Å². The SMILES string of the molecule is COc1ccc([C@@H](C(=O)NCc2ccccc2)N(C(=O)Cc2cccs2)c2ccc(C)cc2)cc1. The van der Waals surface area contributed by atoms with Crippen molar-refractivity contribution in [2.75, 3.05) is 12.0 Å². The molecule has 4 aromatic rings. The van der Waals surface area contributed by atoms with Gasteiger partial charge in [0.2, 0.25) is 11.8 Å². The van der Waals surface area contributed by atoms with Gasteiger partial charge in [-0.05, 0) is 53.8 Å². The van der Waals surface area contributed by atoms with Gasteiger partial charge >= 0.3 is 0 Å². The molecule has 178 valence electrons. The molecule has 0 saturated carbocycles. The Kier molecular flexibility index (Phi) is 7.95. The predicted molar refractivity (Wildman–Crippen MR) is 141 cm³/mol. The van der Waals surface area contributed by atoms with Crippen molar-refractivity contribution in [1.29, 1.82) is 0 Å². The third kappa shape index (κ3) is 6.16. The third-order valence-corrected chi connectivity index (χ3v) is 6.61. The van der Waals surface area contributed by atoms with Crippen LogP contribution in [0.15, 0.2) is 96.4 Å². The van der Waals surface area contributed by atoms with Crippen molar-refractivity contribution in [1.82, 2.24) is 5.32 Å². The molecule has 0 aliphatic carbocycles. The summed E-state index contributed by atoms with van der Waals surface area (Å²) in [5, 5.41) is 4.99. The average Bonchev–Trinajstić information content (AvgIpc) is 3.40. The molecule has 35 heavy (non-hydrogen) atoms. The molecule has 3 aromatic carbocycles. The summed E-state index contributed by atoms with van der Waals surface area (Å²) in [5.41, 5.74) is 3.44. The number of amides is 2. The van der Waals surface area contributed by atoms with Crippen molar-refractivity contribution >= 4 is 28.8 Å². The maximum absolute atomic E-state index is 13.7. The highest BCUT2D eigenvalue weighted by atomic mass is 32.1. The number of methoxy groups -OCH3 is 1. The molecule has 0 fully saturated rings. The number of benzene rings is 3. The minimum atomic E-state index is -0.847. The van der Waals surface area contributed by atoms with E-state index in [-0.39, 0.29) is 18.2 Å². The molecule has 6 heteroatoms. The second-order valence-electron chi connectivity index (χ2n) is 8.23. The van der Waals surface area contributed by atoms with E-state index in [1.54, 1.807) is 12.0 Å². The summed E-state index contributed by atoms with van der Waals surface area (Å²) in [6, 6.07) is 27.7. The van der Waals surface area contributed by atoms with Gasteiger partial charge < -0.3 is 10.1 Å². The highest BCUT2D eigenvalue weighted by Gasteiger charge is 2.33. The molecule has 4 rings (SSSR count). The Morgan fingerprint density at radius 2 is 1.63 bits per heavy atom. The van der Waals surface area contributed by atoms with Crippen LogP contribution in [0.4, 0.5) is 5.69 Å². The number of aryl methyl sites for hydroxylation is 1. The molecule has 1 atom stereocenters. The predicted octanol–water partition coefficient (Wildman–Crippen LogP) is 5.70. The molecule has 1 aromatic heterocycles. The molecule has 1 heterocycles. The Hall–Kier alpha value is -3.90. The third-order valence-electron chi connectivity index (χ3n) is 5.73. The lowest BCUT2D eigenvalue weighted by atomic mass is 10.0. The van der Waals surface area contributed by atoms with E-state index in [1.165, 1.54) is 11.3 Å². The number of hydrogen-bond donors (Lipinski definition) is 1. The second-order valence-corrected chi connectivity index (χ2v) is 9.27. The van der Waals surface area contributed by atoms with Gasteiger partial charge in [-0.15, -0.1) is 11.3 Å². The van der Waals surface area contributed by atoms with Crippen LogP contribution in [0.1, 0.15) is 27.6 Å². The van der Waals surface area contributed by atoms with Gasteiger partial charge in [0.1, 0.15) is 11.8 Å². The zero-order chi connectivity index (χ0) is 24.6. The molecule has 0 spiro atoms. The van der Waals surface area contributed by atoms with Crippen molar-refractivity contribution in [3.63, 3.8) is 0 Å². The van der Waals surface area contributed by atoms with Crippen molar-refractivity contribution in [3.05, 3.63) is 118 Å². The smallest absolute Gasteiger partial charge is 0.248 e. The van der Waals surface area contributed by atoms with E-state index >= 15 is 0 Å². The van der Waals surface area contributed by atoms with Crippen molar-refractivity contribution < 1.29 is 14.3 Å². The molecule has 0 unspecified atom stereocenters. The number of ether oxygens (including phenoxy) is 1. The van der Waals surface area contributed by atoms with Gasteiger partial charge in [-0.1, -0.05) is 66.2 Å². The van der Waals surface area contributed by atoms with E-state index in [2.05, 4.69) is 5.32 Å². The summed E-state index contributed by atoms with van der Waals surface area (Å²) in [7, 11) is 1.60. The molecular weight excluding hydrogens is 456 g/mol. The highest BCUT2D eigenvalue weighted by Crippen LogP contribution is 2.31. The first-order valence-electron chi connectivity index (χ1n) is 11.4. The Labute approximate surface area is 210 Å². The highest BCUT2D eigenvalue weighted by molar-refractivity contribution is 7.10. The van der Waals surface area contributed by atoms with Gasteiger partial charge in [0, 0.05) is 17.1 Å². The van der Waals surface area contributed by atoms with Crippen LogP contribution < -0.4 is 15.0 Å². The molecule has 0 radical (unpaired) electrons. The Morgan fingerprint density at radius 1 is 0.914 bits per heavy atom. The van der Waals surface area contributed by atoms with Crippen LogP contribution in [0.5, 0.6) is 5.75 Å². The number of hydrogen-bond acceptors (Lipinski definition) is 4. The summed E-state index contributed by atoms with van der Waals surface area (Å²) in [5.74, 6) is 0.287. The van der Waals surface area contributed by atoms with E-state index in [1.807, 2.05) is 103 Å². The van der Waals surface area contributed by atoms with E-state index in [0.29, 0.717) is 23.5 Å². The maximum Gasteiger partial charge on any atom is 0.248 e. The van der Waals surface area contributed by atoms with Gasteiger partial charge in [-0.3, -0.25) is 14.5 Å². The summed E-state index contributed by atoms with van der Waals surface area (Å²) >= 11 is 1.53. The van der Waals surface area contributed by atoms with Crippen LogP contribution in [0.25, 0.3) is 0 Å². The topological polar surface area (TPSA) is 58.6 Å². The summed E-state index contributed by atoms with van der Waals surface area (Å²) in [6.45, 7) is 2.36. The Bertz CT molecular complexity index is 1240. The number of anilines is 1. The average molecular weight is 485 g/mol. The quantitative estimate of drug-likeness (QED) is 0.332. The number of carbonyl (C=O) groups excluding carboxylic acids is 2. The van der Waals surface area contributed by atoms with E-state index in [9.17, 15) is 9.59 Å². The minimum absolute atomic E-state index is 0.146. The Balaban J connectivity index is 1.73. The van der Waals surface area contributed by atoms with Gasteiger partial charge in [0.25, 0.3) is 0 Å². The number of nitrogens with one attached hydrogen (secondary N) is 1. The summed E-state index contributed by atoms with van der Waals surface area (Å²) in [6.07, 6.45) is 0.212. The van der Waals surface area contributed by atoms with Crippen LogP contribution in [0, 0.1) is 6.92 Å². The molecule has 0 bridgehead atoms. The van der Waals surface area contributed by atoms with Crippen LogP contribution in [0.3, 0.4) is 0 Å². The molecule has 5 nitrogen and oxygen atoms in total. The molecule has 1 N–H and O–H groups in total. The molecule has 2 amide bonds. The fourth-order valence-electron chi connectivity index (χ4n) is 3.88. The largest absolute Gasteiger partial charge is 0.497 e. The van der Waals surface area contributed by atoms with Crippen molar-refractivity contribution in [2.45, 2.75) is 25.9 Å². The standard InChI is InChI=1S/C29H28N2O3S/c1-21-10-14-24(15-11-21)31(27(32)19-26-9-6-18-35-26)28(23-12-16-25(34-2)17-13-23)29(33)30-20-22-7-4-3-5-8-22/h3-18,28H,19-20H2,1-2H3,(H,30,33)/t28-/m0/s1. The summed E-state index contributed by atoms with van der Waals surface area (Å²) < 4.78 is 5.31. The fraction of sp³-hybridized carbons (Fsp3) is 0.172. The van der Waals surface area contributed by atoms with Crippen LogP contribution in [-0.2, 0) is 22.6 Å². The second kappa shape index (κ2) is 11.5. The first-order chi connectivity index (χ1) is 17.0. The van der Waals surface area contributed by atoms with Crippen molar-refractivity contribution in [2.24, 2.45) is 0 Å². The number of carbonyl (C=O) groups is 2. The molecule has 0 aliphatic rings. The zero-order valence-corrected chi connectivity index (χ0v) is 20.6. The monoisotopic (exact) mass is 484 g/mol. The van der Waals surface area contributed by atoms with Crippen LogP contribution in [0.2, 0.25) is 0 Å². The minimum Gasteiger partial charge on any atom is -0.497 e. The van der Waals surface area contributed by atoms with E-state index in [4.69, 9.17) is 4.74 Å². The van der Waals surface area contributed by atoms with Gasteiger partial charge in [-0.2, -0.15) is 0 Å². The first kappa shape index (κ1) is 24.2. The number of thiophene rings is 1. The molecule has 0 saturated heterocycles. The lowest BCUT2D eigenvalue weighted by Crippen LogP contribution is -2.44. The number of rotatable bonds is 9. The zero-order valence-electron chi connectivity index (χ0n) is 19.8. The number of nitrogens with zero attached hydrogens (tertiary/aromatic N) is 1. The van der Waals surface area contributed by atoms with Crippen LogP contribution >= 0.6 is 11.3 Å². The van der Waals surface area contributed by atoms with Crippen LogP contribution in [-0.4, -0.2) is 18.9 Å². The summed E-state index contributed by atoms with van der Waals surface area (Å²) in [4.78, 5) is 30.0. The fourth-order valence-corrected chi connectivity index (χ4v) is 4.57. The van der Waals surface area contributed by atoms with E-state index < -0.39 is 6.04 Å². The molecular formula is C29H28N2O3S. The lowest BCUT2D eigenvalue weighted by Gasteiger charge is -2.32. The Morgan fingerprint density at radius 3 is 2.26 bits per heavy atom. The lowest BCUT2D eigenvalue weighted by molar-refractivity contribution is -0.126. The first-order valence-corrected chi connectivity index (χ1v) is 12.3. The van der Waals surface area contributed by atoms with Gasteiger partial charge in [0.15, 0.2) is 0 Å². The van der Waals surface area contributed by atoms with Crippen molar-refractivity contribution in [3.8, 4) is 5.75 Å². The maximum atomic E-state index is 13.7. The molecule has 0 aliphatic heterocycles. The van der Waals surface area contributed by atoms with Gasteiger partial charge in [-0.25, -0.2) is 0 Å². The van der Waals surface area contributed by atoms with Gasteiger partial charge in [0.05, 0.1) is 13.5 Å².